The molecule has 0 saturated heterocycles. The number of amides is 3. The number of aliphatic imine (C=N–C) groups is 1. The summed E-state index contributed by atoms with van der Waals surface area (Å²) in [6.07, 6.45) is 2.41. The van der Waals surface area contributed by atoms with Crippen LogP contribution in [0.15, 0.2) is 35.5 Å². The third kappa shape index (κ3) is 11.6. The van der Waals surface area contributed by atoms with Gasteiger partial charge in [0.05, 0.1) is 12.5 Å². The molecule has 0 bridgehead atoms. The number of H-pyrrole nitrogens is 1. The van der Waals surface area contributed by atoms with Gasteiger partial charge >= 0.3 is 11.9 Å². The maximum absolute atomic E-state index is 13.5. The number of fused-ring (bicyclic) bond motifs is 1. The first-order chi connectivity index (χ1) is 20.4. The molecule has 1 heterocycles. The van der Waals surface area contributed by atoms with Gasteiger partial charge in [-0.15, -0.1) is 0 Å². The van der Waals surface area contributed by atoms with E-state index in [2.05, 4.69) is 25.9 Å². The summed E-state index contributed by atoms with van der Waals surface area (Å²) in [6.45, 7) is 0.583. The molecule has 16 heteroatoms. The van der Waals surface area contributed by atoms with Crippen LogP contribution < -0.4 is 38.9 Å². The number of carbonyl (C=O) groups excluding carboxylic acids is 3. The molecule has 0 spiro atoms. The number of aromatic amines is 1. The van der Waals surface area contributed by atoms with Crippen LogP contribution in [-0.4, -0.2) is 88.1 Å². The first-order valence-corrected chi connectivity index (χ1v) is 13.8. The minimum Gasteiger partial charge on any atom is -0.481 e. The third-order valence-corrected chi connectivity index (χ3v) is 6.61. The fourth-order valence-corrected chi connectivity index (χ4v) is 4.34. The van der Waals surface area contributed by atoms with Gasteiger partial charge in [-0.3, -0.25) is 24.2 Å². The Kier molecular flexibility index (Phi) is 13.9. The zero-order valence-electron chi connectivity index (χ0n) is 23.8. The number of hydrogen-bond acceptors (Lipinski definition) is 8. The Hall–Kier alpha value is -4.70. The van der Waals surface area contributed by atoms with Crippen LogP contribution in [0.25, 0.3) is 10.9 Å². The quantitative estimate of drug-likeness (QED) is 0.0487. The Morgan fingerprint density at radius 2 is 1.51 bits per heavy atom. The number of nitrogens with zero attached hydrogens (tertiary/aromatic N) is 1. The average molecular weight is 604 g/mol. The lowest BCUT2D eigenvalue weighted by Gasteiger charge is -2.24. The van der Waals surface area contributed by atoms with E-state index in [1.54, 1.807) is 12.3 Å². The van der Waals surface area contributed by atoms with Gasteiger partial charge in [-0.05, 0) is 50.3 Å². The van der Waals surface area contributed by atoms with Gasteiger partial charge in [0.25, 0.3) is 0 Å². The molecule has 0 fully saturated rings. The van der Waals surface area contributed by atoms with E-state index in [1.165, 1.54) is 0 Å². The number of aliphatic carboxylic acids is 2. The van der Waals surface area contributed by atoms with Gasteiger partial charge in [-0.25, -0.2) is 4.79 Å². The van der Waals surface area contributed by atoms with Gasteiger partial charge in [0.2, 0.25) is 17.7 Å². The first kappa shape index (κ1) is 34.5. The van der Waals surface area contributed by atoms with Crippen molar-refractivity contribution in [1.82, 2.24) is 20.9 Å². The predicted octanol–water partition coefficient (Wildman–Crippen LogP) is -1.77. The van der Waals surface area contributed by atoms with Gasteiger partial charge in [-0.1, -0.05) is 18.2 Å². The second-order valence-corrected chi connectivity index (χ2v) is 10.0. The molecule has 4 unspecified atom stereocenters. The molecular weight excluding hydrogens is 562 g/mol. The molecule has 236 valence electrons. The van der Waals surface area contributed by atoms with Gasteiger partial charge in [0.1, 0.15) is 18.1 Å². The van der Waals surface area contributed by atoms with Crippen molar-refractivity contribution in [3.05, 3.63) is 36.0 Å². The maximum atomic E-state index is 13.5. The lowest BCUT2D eigenvalue weighted by atomic mass is 10.0. The molecule has 0 aliphatic heterocycles. The van der Waals surface area contributed by atoms with Crippen molar-refractivity contribution < 1.29 is 34.2 Å². The van der Waals surface area contributed by atoms with Crippen LogP contribution in [0.1, 0.15) is 44.1 Å². The van der Waals surface area contributed by atoms with Crippen LogP contribution in [0, 0.1) is 0 Å². The van der Waals surface area contributed by atoms with Crippen molar-refractivity contribution in [1.29, 1.82) is 0 Å². The van der Waals surface area contributed by atoms with Crippen LogP contribution in [0.3, 0.4) is 0 Å². The second kappa shape index (κ2) is 17.3. The molecular formula is C27H41N9O7. The van der Waals surface area contributed by atoms with Gasteiger partial charge < -0.3 is 54.1 Å². The number of aromatic nitrogens is 1. The lowest BCUT2D eigenvalue weighted by Crippen LogP contribution is -2.58. The Balaban J connectivity index is 2.25. The normalized spacial score (nSPS) is 13.7. The smallest absolute Gasteiger partial charge is 0.326 e. The summed E-state index contributed by atoms with van der Waals surface area (Å²) >= 11 is 0. The molecule has 1 aromatic carbocycles. The summed E-state index contributed by atoms with van der Waals surface area (Å²) in [6, 6.07) is 2.06. The van der Waals surface area contributed by atoms with Crippen molar-refractivity contribution in [3.63, 3.8) is 0 Å². The molecule has 3 amide bonds. The number of para-hydroxylation sites is 1. The van der Waals surface area contributed by atoms with Crippen LogP contribution in [0.4, 0.5) is 0 Å². The molecule has 0 aliphatic rings. The zero-order chi connectivity index (χ0) is 31.9. The van der Waals surface area contributed by atoms with E-state index in [9.17, 15) is 34.2 Å². The van der Waals surface area contributed by atoms with Crippen LogP contribution in [0.2, 0.25) is 0 Å². The summed E-state index contributed by atoms with van der Waals surface area (Å²) < 4.78 is 0. The second-order valence-electron chi connectivity index (χ2n) is 10.0. The Morgan fingerprint density at radius 3 is 2.16 bits per heavy atom. The number of nitrogens with one attached hydrogen (secondary N) is 4. The van der Waals surface area contributed by atoms with Crippen molar-refractivity contribution in [3.8, 4) is 0 Å². The molecule has 16 nitrogen and oxygen atoms in total. The highest BCUT2D eigenvalue weighted by Crippen LogP contribution is 2.19. The molecule has 1 aromatic heterocycles. The van der Waals surface area contributed by atoms with E-state index in [1.807, 2.05) is 18.2 Å². The number of carboxylic acid groups (broad SMARTS) is 2. The number of benzene rings is 1. The fraction of sp³-hybridized carbons (Fsp3) is 0.481. The number of carbonyl (C=O) groups is 5. The van der Waals surface area contributed by atoms with Crippen molar-refractivity contribution in [2.45, 2.75) is 69.1 Å². The third-order valence-electron chi connectivity index (χ3n) is 6.61. The summed E-state index contributed by atoms with van der Waals surface area (Å²) in [4.78, 5) is 69.6. The number of rotatable bonds is 19. The summed E-state index contributed by atoms with van der Waals surface area (Å²) in [5, 5.41) is 27.0. The first-order valence-electron chi connectivity index (χ1n) is 13.8. The highest BCUT2D eigenvalue weighted by Gasteiger charge is 2.32. The minimum absolute atomic E-state index is 0.0272. The molecule has 14 N–H and O–H groups in total. The predicted molar refractivity (Wildman–Crippen MR) is 158 cm³/mol. The van der Waals surface area contributed by atoms with Gasteiger partial charge in [0.15, 0.2) is 5.96 Å². The number of guanidine groups is 1. The monoisotopic (exact) mass is 603 g/mol. The van der Waals surface area contributed by atoms with Crippen LogP contribution in [-0.2, 0) is 30.4 Å². The minimum atomic E-state index is -1.63. The topological polar surface area (TPSA) is 294 Å². The SMILES string of the molecule is NCCCCC(NC(=O)C(CC(=O)O)NC(=O)C(Cc1c[nH]c2ccccc12)NC(=O)C(N)CCCN=C(N)N)C(=O)O. The average Bonchev–Trinajstić information content (AvgIpc) is 3.36. The molecule has 43 heavy (non-hydrogen) atoms. The van der Waals surface area contributed by atoms with Crippen molar-refractivity contribution in [2.24, 2.45) is 27.9 Å². The van der Waals surface area contributed by atoms with E-state index >= 15 is 0 Å². The number of unbranched alkanes of at least 4 members (excludes halogenated alkanes) is 1. The summed E-state index contributed by atoms with van der Waals surface area (Å²) in [5.41, 5.74) is 23.5. The molecule has 0 saturated carbocycles. The maximum Gasteiger partial charge on any atom is 0.326 e. The number of carboxylic acids is 2. The largest absolute Gasteiger partial charge is 0.481 e. The summed E-state index contributed by atoms with van der Waals surface area (Å²) in [7, 11) is 0. The van der Waals surface area contributed by atoms with Gasteiger partial charge in [-0.2, -0.15) is 0 Å². The summed E-state index contributed by atoms with van der Waals surface area (Å²) in [5.74, 6) is -5.33. The van der Waals surface area contributed by atoms with Crippen LogP contribution in [0.5, 0.6) is 0 Å². The highest BCUT2D eigenvalue weighted by atomic mass is 16.4. The molecule has 2 aromatic rings. The molecule has 2 rings (SSSR count). The van der Waals surface area contributed by atoms with E-state index in [-0.39, 0.29) is 31.8 Å². The van der Waals surface area contributed by atoms with Crippen LogP contribution >= 0.6 is 0 Å². The Labute approximate surface area is 248 Å². The van der Waals surface area contributed by atoms with E-state index in [0.29, 0.717) is 31.4 Å². The number of nitrogens with two attached hydrogens (primary N) is 4. The van der Waals surface area contributed by atoms with Crippen molar-refractivity contribution in [2.75, 3.05) is 13.1 Å². The standard InChI is InChI=1S/C27H41N9O7/c28-10-4-3-9-19(26(42)43)34-25(41)21(13-22(37)38)36-24(40)20(12-15-14-33-18-8-2-1-6-16(15)18)35-23(39)17(29)7-5-11-32-27(30)31/h1-2,6,8,14,17,19-21,33H,3-5,7,9-13,28-29H2,(H,34,41)(H,35,39)(H,36,40)(H,37,38)(H,42,43)(H4,30,31,32). The lowest BCUT2D eigenvalue weighted by molar-refractivity contribution is -0.143. The van der Waals surface area contributed by atoms with E-state index in [4.69, 9.17) is 22.9 Å². The fourth-order valence-electron chi connectivity index (χ4n) is 4.34. The Bertz CT molecular complexity index is 1290. The Morgan fingerprint density at radius 1 is 0.860 bits per heavy atom. The zero-order valence-corrected chi connectivity index (χ0v) is 23.8. The van der Waals surface area contributed by atoms with E-state index < -0.39 is 60.2 Å². The van der Waals surface area contributed by atoms with Gasteiger partial charge in [0, 0.05) is 30.1 Å². The molecule has 0 radical (unpaired) electrons. The van der Waals surface area contributed by atoms with E-state index in [0.717, 1.165) is 10.9 Å². The highest BCUT2D eigenvalue weighted by molar-refractivity contribution is 5.96. The molecule has 0 aliphatic carbocycles. The molecule has 4 atom stereocenters. The number of hydrogen-bond donors (Lipinski definition) is 10. The van der Waals surface area contributed by atoms with Crippen molar-refractivity contribution >= 4 is 46.5 Å².